The molecule has 0 aliphatic carbocycles. The Morgan fingerprint density at radius 3 is 2.53 bits per heavy atom. The first-order valence-corrected chi connectivity index (χ1v) is 5.80. The molecule has 1 aromatic rings. The van der Waals surface area contributed by atoms with E-state index in [9.17, 15) is 0 Å². The first-order valence-electron chi connectivity index (χ1n) is 5.01. The molecular formula is C11H14BrNO2. The van der Waals surface area contributed by atoms with Gasteiger partial charge in [-0.05, 0) is 30.2 Å². The first-order chi connectivity index (χ1) is 7.22. The van der Waals surface area contributed by atoms with Gasteiger partial charge in [0.1, 0.15) is 13.2 Å². The zero-order chi connectivity index (χ0) is 10.8. The SMILES string of the molecule is CC(CN)c1cc2c(cc1Br)OCCO2. The minimum atomic E-state index is 0.315. The normalized spacial score (nSPS) is 16.2. The number of halogens is 1. The molecule has 0 bridgehead atoms. The minimum absolute atomic E-state index is 0.315. The van der Waals surface area contributed by atoms with Gasteiger partial charge in [0.2, 0.25) is 0 Å². The minimum Gasteiger partial charge on any atom is -0.486 e. The van der Waals surface area contributed by atoms with Crippen molar-refractivity contribution in [1.29, 1.82) is 0 Å². The molecule has 0 amide bonds. The number of fused-ring (bicyclic) bond motifs is 1. The number of nitrogens with two attached hydrogens (primary N) is 1. The van der Waals surface area contributed by atoms with Gasteiger partial charge in [-0.1, -0.05) is 22.9 Å². The predicted molar refractivity (Wildman–Crippen MR) is 62.6 cm³/mol. The largest absolute Gasteiger partial charge is 0.486 e. The monoisotopic (exact) mass is 271 g/mol. The van der Waals surface area contributed by atoms with Gasteiger partial charge in [-0.3, -0.25) is 0 Å². The summed E-state index contributed by atoms with van der Waals surface area (Å²) in [5.74, 6) is 1.94. The maximum absolute atomic E-state index is 5.66. The van der Waals surface area contributed by atoms with Crippen molar-refractivity contribution in [2.45, 2.75) is 12.8 Å². The molecule has 1 unspecified atom stereocenters. The molecule has 0 radical (unpaired) electrons. The van der Waals surface area contributed by atoms with Crippen LogP contribution in [-0.2, 0) is 0 Å². The summed E-state index contributed by atoms with van der Waals surface area (Å²) >= 11 is 3.53. The molecule has 2 N–H and O–H groups in total. The highest BCUT2D eigenvalue weighted by Gasteiger charge is 2.17. The number of hydrogen-bond donors (Lipinski definition) is 1. The molecular weight excluding hydrogens is 258 g/mol. The van der Waals surface area contributed by atoms with Crippen molar-refractivity contribution in [3.8, 4) is 11.5 Å². The Hall–Kier alpha value is -0.740. The van der Waals surface area contributed by atoms with Crippen molar-refractivity contribution >= 4 is 15.9 Å². The van der Waals surface area contributed by atoms with Gasteiger partial charge in [-0.25, -0.2) is 0 Å². The van der Waals surface area contributed by atoms with Crippen LogP contribution in [0.15, 0.2) is 16.6 Å². The second kappa shape index (κ2) is 4.41. The lowest BCUT2D eigenvalue weighted by Gasteiger charge is -2.21. The van der Waals surface area contributed by atoms with E-state index >= 15 is 0 Å². The van der Waals surface area contributed by atoms with E-state index in [4.69, 9.17) is 15.2 Å². The van der Waals surface area contributed by atoms with Gasteiger partial charge in [-0.2, -0.15) is 0 Å². The third kappa shape index (κ3) is 2.11. The van der Waals surface area contributed by atoms with E-state index < -0.39 is 0 Å². The Morgan fingerprint density at radius 1 is 1.33 bits per heavy atom. The number of benzene rings is 1. The van der Waals surface area contributed by atoms with Crippen LogP contribution in [0, 0.1) is 0 Å². The maximum atomic E-state index is 5.66. The average Bonchev–Trinajstić information content (AvgIpc) is 2.27. The van der Waals surface area contributed by atoms with Crippen LogP contribution in [0.4, 0.5) is 0 Å². The van der Waals surface area contributed by atoms with Crippen molar-refractivity contribution in [3.05, 3.63) is 22.2 Å². The molecule has 0 fully saturated rings. The molecule has 0 spiro atoms. The number of hydrogen-bond acceptors (Lipinski definition) is 3. The number of ether oxygens (including phenoxy) is 2. The highest BCUT2D eigenvalue weighted by Crippen LogP contribution is 2.37. The van der Waals surface area contributed by atoms with Crippen LogP contribution < -0.4 is 15.2 Å². The standard InChI is InChI=1S/C11H14BrNO2/c1-7(6-13)8-4-10-11(5-9(8)12)15-3-2-14-10/h4-5,7H,2-3,6,13H2,1H3. The Balaban J connectivity index is 2.40. The Labute approximate surface area is 97.7 Å². The van der Waals surface area contributed by atoms with Gasteiger partial charge in [0.15, 0.2) is 11.5 Å². The quantitative estimate of drug-likeness (QED) is 0.898. The maximum Gasteiger partial charge on any atom is 0.162 e. The highest BCUT2D eigenvalue weighted by atomic mass is 79.9. The summed E-state index contributed by atoms with van der Waals surface area (Å²) < 4.78 is 12.0. The molecule has 82 valence electrons. The van der Waals surface area contributed by atoms with E-state index in [0.29, 0.717) is 25.7 Å². The molecule has 3 nitrogen and oxygen atoms in total. The lowest BCUT2D eigenvalue weighted by atomic mass is 10.0. The van der Waals surface area contributed by atoms with Crippen molar-refractivity contribution in [3.63, 3.8) is 0 Å². The van der Waals surface area contributed by atoms with E-state index in [0.717, 1.165) is 16.0 Å². The highest BCUT2D eigenvalue weighted by molar-refractivity contribution is 9.10. The van der Waals surface area contributed by atoms with Gasteiger partial charge in [0, 0.05) is 4.47 Å². The smallest absolute Gasteiger partial charge is 0.162 e. The molecule has 2 rings (SSSR count). The molecule has 1 aliphatic heterocycles. The van der Waals surface area contributed by atoms with Crippen molar-refractivity contribution in [2.24, 2.45) is 5.73 Å². The molecule has 1 aliphatic rings. The van der Waals surface area contributed by atoms with Gasteiger partial charge < -0.3 is 15.2 Å². The zero-order valence-electron chi connectivity index (χ0n) is 8.63. The summed E-state index contributed by atoms with van der Waals surface area (Å²) in [4.78, 5) is 0. The summed E-state index contributed by atoms with van der Waals surface area (Å²) in [7, 11) is 0. The van der Waals surface area contributed by atoms with Crippen LogP contribution in [-0.4, -0.2) is 19.8 Å². The van der Waals surface area contributed by atoms with Gasteiger partial charge in [0.25, 0.3) is 0 Å². The van der Waals surface area contributed by atoms with Crippen LogP contribution >= 0.6 is 15.9 Å². The lowest BCUT2D eigenvalue weighted by molar-refractivity contribution is 0.171. The third-order valence-corrected chi connectivity index (χ3v) is 3.23. The van der Waals surface area contributed by atoms with Crippen LogP contribution in [0.5, 0.6) is 11.5 Å². The van der Waals surface area contributed by atoms with E-state index in [-0.39, 0.29) is 0 Å². The van der Waals surface area contributed by atoms with Crippen LogP contribution in [0.1, 0.15) is 18.4 Å². The van der Waals surface area contributed by atoms with Gasteiger partial charge in [0.05, 0.1) is 0 Å². The molecule has 1 heterocycles. The zero-order valence-corrected chi connectivity index (χ0v) is 10.2. The summed E-state index contributed by atoms with van der Waals surface area (Å²) in [5, 5.41) is 0. The first kappa shape index (κ1) is 10.8. The fraction of sp³-hybridized carbons (Fsp3) is 0.455. The van der Waals surface area contributed by atoms with Crippen molar-refractivity contribution < 1.29 is 9.47 Å². The third-order valence-electron chi connectivity index (χ3n) is 2.55. The fourth-order valence-electron chi connectivity index (χ4n) is 1.58. The van der Waals surface area contributed by atoms with Crippen molar-refractivity contribution in [2.75, 3.05) is 19.8 Å². The molecule has 0 saturated heterocycles. The van der Waals surface area contributed by atoms with Crippen LogP contribution in [0.3, 0.4) is 0 Å². The van der Waals surface area contributed by atoms with Crippen molar-refractivity contribution in [1.82, 2.24) is 0 Å². The van der Waals surface area contributed by atoms with E-state index in [1.54, 1.807) is 0 Å². The molecule has 1 aromatic carbocycles. The van der Waals surface area contributed by atoms with Crippen LogP contribution in [0.25, 0.3) is 0 Å². The van der Waals surface area contributed by atoms with Crippen LogP contribution in [0.2, 0.25) is 0 Å². The molecule has 0 aromatic heterocycles. The van der Waals surface area contributed by atoms with Gasteiger partial charge in [-0.15, -0.1) is 0 Å². The fourth-order valence-corrected chi connectivity index (χ4v) is 2.30. The van der Waals surface area contributed by atoms with E-state index in [1.165, 1.54) is 5.56 Å². The average molecular weight is 272 g/mol. The second-order valence-electron chi connectivity index (χ2n) is 3.65. The summed E-state index contributed by atoms with van der Waals surface area (Å²) in [6, 6.07) is 3.96. The molecule has 0 saturated carbocycles. The summed E-state index contributed by atoms with van der Waals surface area (Å²) in [5.41, 5.74) is 6.82. The van der Waals surface area contributed by atoms with Gasteiger partial charge >= 0.3 is 0 Å². The summed E-state index contributed by atoms with van der Waals surface area (Å²) in [6.07, 6.45) is 0. The van der Waals surface area contributed by atoms with E-state index in [2.05, 4.69) is 22.9 Å². The number of rotatable bonds is 2. The summed E-state index contributed by atoms with van der Waals surface area (Å²) in [6.45, 7) is 3.95. The Morgan fingerprint density at radius 2 is 1.93 bits per heavy atom. The van der Waals surface area contributed by atoms with E-state index in [1.807, 2.05) is 12.1 Å². The molecule has 1 atom stereocenters. The topological polar surface area (TPSA) is 44.5 Å². The Bertz CT molecular complexity index is 368. The lowest BCUT2D eigenvalue weighted by Crippen LogP contribution is -2.16. The molecule has 4 heteroatoms. The predicted octanol–water partition coefficient (Wildman–Crippen LogP) is 2.28. The second-order valence-corrected chi connectivity index (χ2v) is 4.51. The Kier molecular flexibility index (Phi) is 3.17. The molecule has 15 heavy (non-hydrogen) atoms.